The first kappa shape index (κ1) is 14.3. The highest BCUT2D eigenvalue weighted by Crippen LogP contribution is 2.36. The highest BCUT2D eigenvalue weighted by molar-refractivity contribution is 6.04. The summed E-state index contributed by atoms with van der Waals surface area (Å²) in [6.07, 6.45) is -5.26. The van der Waals surface area contributed by atoms with Crippen molar-refractivity contribution in [2.24, 2.45) is 0 Å². The number of hydrogen-bond donors (Lipinski definition) is 4. The van der Waals surface area contributed by atoms with Gasteiger partial charge in [0.15, 0.2) is 0 Å². The molecule has 1 fully saturated rings. The quantitative estimate of drug-likeness (QED) is 0.464. The van der Waals surface area contributed by atoms with Crippen molar-refractivity contribution in [1.82, 2.24) is 10.6 Å². The minimum Gasteiger partial charge on any atom is -0.355 e. The van der Waals surface area contributed by atoms with Crippen LogP contribution < -0.4 is 10.6 Å². The zero-order valence-electron chi connectivity index (χ0n) is 9.73. The SMILES string of the molecule is O=C1NC(=O)C(c2ccc(C(O)(O)C(F)(F)F)cc2)N1. The molecule has 2 rings (SSSR count). The molecule has 0 saturated carbocycles. The van der Waals surface area contributed by atoms with Crippen LogP contribution >= 0.6 is 0 Å². The Labute approximate surface area is 110 Å². The number of amides is 3. The van der Waals surface area contributed by atoms with E-state index >= 15 is 0 Å². The smallest absolute Gasteiger partial charge is 0.355 e. The summed E-state index contributed by atoms with van der Waals surface area (Å²) >= 11 is 0. The number of nitrogens with one attached hydrogen (secondary N) is 2. The number of rotatable bonds is 2. The molecule has 0 aliphatic carbocycles. The fourth-order valence-corrected chi connectivity index (χ4v) is 1.72. The van der Waals surface area contributed by atoms with Gasteiger partial charge in [0.1, 0.15) is 6.04 Å². The number of carbonyl (C=O) groups excluding carboxylic acids is 2. The van der Waals surface area contributed by atoms with Crippen LogP contribution in [0.5, 0.6) is 0 Å². The molecule has 1 unspecified atom stereocenters. The Morgan fingerprint density at radius 1 is 1.05 bits per heavy atom. The van der Waals surface area contributed by atoms with Gasteiger partial charge in [0.2, 0.25) is 0 Å². The fraction of sp³-hybridized carbons (Fsp3) is 0.273. The van der Waals surface area contributed by atoms with Crippen LogP contribution in [0, 0.1) is 0 Å². The average Bonchev–Trinajstić information content (AvgIpc) is 2.67. The van der Waals surface area contributed by atoms with E-state index in [1.165, 1.54) is 0 Å². The van der Waals surface area contributed by atoms with Gasteiger partial charge in [-0.15, -0.1) is 0 Å². The van der Waals surface area contributed by atoms with Gasteiger partial charge in [-0.1, -0.05) is 24.3 Å². The number of aliphatic hydroxyl groups is 2. The Hall–Kier alpha value is -2.13. The second kappa shape index (κ2) is 4.46. The van der Waals surface area contributed by atoms with Crippen LogP contribution in [-0.4, -0.2) is 28.3 Å². The first-order valence-corrected chi connectivity index (χ1v) is 5.36. The second-order valence-electron chi connectivity index (χ2n) is 4.19. The Bertz CT molecular complexity index is 554. The first-order chi connectivity index (χ1) is 9.13. The third-order valence-electron chi connectivity index (χ3n) is 2.82. The van der Waals surface area contributed by atoms with E-state index in [-0.39, 0.29) is 5.56 Å². The lowest BCUT2D eigenvalue weighted by molar-refractivity contribution is -0.358. The lowest BCUT2D eigenvalue weighted by atomic mass is 10.0. The molecule has 3 amide bonds. The summed E-state index contributed by atoms with van der Waals surface area (Å²) in [7, 11) is 0. The second-order valence-corrected chi connectivity index (χ2v) is 4.19. The molecule has 6 nitrogen and oxygen atoms in total. The van der Waals surface area contributed by atoms with Crippen molar-refractivity contribution in [2.75, 3.05) is 0 Å². The van der Waals surface area contributed by atoms with Crippen molar-refractivity contribution in [3.63, 3.8) is 0 Å². The van der Waals surface area contributed by atoms with E-state index < -0.39 is 35.5 Å². The predicted molar refractivity (Wildman–Crippen MR) is 58.0 cm³/mol. The maximum Gasteiger partial charge on any atom is 0.447 e. The number of hydrogen-bond acceptors (Lipinski definition) is 4. The maximum absolute atomic E-state index is 12.4. The topological polar surface area (TPSA) is 98.7 Å². The zero-order valence-corrected chi connectivity index (χ0v) is 9.73. The van der Waals surface area contributed by atoms with Gasteiger partial charge in [-0.3, -0.25) is 10.1 Å². The van der Waals surface area contributed by atoms with E-state index in [9.17, 15) is 22.8 Å². The molecular weight excluding hydrogens is 281 g/mol. The van der Waals surface area contributed by atoms with Crippen LogP contribution in [0.3, 0.4) is 0 Å². The molecule has 1 saturated heterocycles. The lowest BCUT2D eigenvalue weighted by Crippen LogP contribution is -2.42. The van der Waals surface area contributed by atoms with E-state index in [1.807, 2.05) is 5.32 Å². The maximum atomic E-state index is 12.4. The first-order valence-electron chi connectivity index (χ1n) is 5.36. The number of alkyl halides is 3. The molecule has 0 spiro atoms. The summed E-state index contributed by atoms with van der Waals surface area (Å²) < 4.78 is 37.2. The normalized spacial score (nSPS) is 19.8. The highest BCUT2D eigenvalue weighted by atomic mass is 19.4. The Morgan fingerprint density at radius 3 is 2.00 bits per heavy atom. The zero-order chi connectivity index (χ0) is 15.1. The molecule has 0 aromatic heterocycles. The molecule has 0 radical (unpaired) electrons. The van der Waals surface area contributed by atoms with E-state index in [0.29, 0.717) is 0 Å². The molecule has 4 N–H and O–H groups in total. The van der Waals surface area contributed by atoms with Gasteiger partial charge in [0.25, 0.3) is 11.7 Å². The molecule has 1 heterocycles. The van der Waals surface area contributed by atoms with Gasteiger partial charge in [-0.05, 0) is 5.56 Å². The van der Waals surface area contributed by atoms with Crippen LogP contribution in [0.2, 0.25) is 0 Å². The van der Waals surface area contributed by atoms with Gasteiger partial charge in [0.05, 0.1) is 0 Å². The summed E-state index contributed by atoms with van der Waals surface area (Å²) in [6.45, 7) is 0. The van der Waals surface area contributed by atoms with Crippen LogP contribution in [0.25, 0.3) is 0 Å². The number of urea groups is 1. The van der Waals surface area contributed by atoms with E-state index in [1.54, 1.807) is 0 Å². The largest absolute Gasteiger partial charge is 0.447 e. The summed E-state index contributed by atoms with van der Waals surface area (Å²) in [5.41, 5.74) is -0.575. The standard InChI is InChI=1S/C11H9F3N2O4/c12-11(13,14)10(19,20)6-3-1-5(2-4-6)7-8(17)16-9(18)15-7/h1-4,7,19-20H,(H2,15,16,17,18). The van der Waals surface area contributed by atoms with Gasteiger partial charge in [-0.25, -0.2) is 4.79 Å². The molecule has 0 bridgehead atoms. The Morgan fingerprint density at radius 2 is 1.60 bits per heavy atom. The van der Waals surface area contributed by atoms with Crippen LogP contribution in [0.15, 0.2) is 24.3 Å². The van der Waals surface area contributed by atoms with Gasteiger partial charge in [0, 0.05) is 5.56 Å². The number of halogens is 3. The van der Waals surface area contributed by atoms with Crippen LogP contribution in [-0.2, 0) is 10.6 Å². The van der Waals surface area contributed by atoms with Crippen molar-refractivity contribution in [1.29, 1.82) is 0 Å². The van der Waals surface area contributed by atoms with Crippen molar-refractivity contribution >= 4 is 11.9 Å². The Balaban J connectivity index is 2.27. The Kier molecular flexibility index (Phi) is 3.18. The van der Waals surface area contributed by atoms with Gasteiger partial charge < -0.3 is 15.5 Å². The molecule has 1 aliphatic rings. The minimum absolute atomic E-state index is 0.218. The molecular formula is C11H9F3N2O4. The summed E-state index contributed by atoms with van der Waals surface area (Å²) in [5, 5.41) is 22.3. The number of imide groups is 1. The van der Waals surface area contributed by atoms with E-state index in [0.717, 1.165) is 24.3 Å². The van der Waals surface area contributed by atoms with Crippen molar-refractivity contribution in [3.05, 3.63) is 35.4 Å². The van der Waals surface area contributed by atoms with Crippen molar-refractivity contribution in [3.8, 4) is 0 Å². The molecule has 1 aliphatic heterocycles. The average molecular weight is 290 g/mol. The predicted octanol–water partition coefficient (Wildman–Crippen LogP) is 0.267. The summed E-state index contributed by atoms with van der Waals surface area (Å²) in [5.74, 6) is -4.62. The molecule has 1 aromatic rings. The lowest BCUT2D eigenvalue weighted by Gasteiger charge is -2.25. The van der Waals surface area contributed by atoms with Crippen molar-refractivity contribution in [2.45, 2.75) is 18.0 Å². The van der Waals surface area contributed by atoms with Crippen LogP contribution in [0.4, 0.5) is 18.0 Å². The van der Waals surface area contributed by atoms with Gasteiger partial charge in [-0.2, -0.15) is 13.2 Å². The minimum atomic E-state index is -5.26. The molecule has 1 atom stereocenters. The third kappa shape index (κ3) is 2.32. The molecule has 1 aromatic carbocycles. The molecule has 9 heteroatoms. The fourth-order valence-electron chi connectivity index (χ4n) is 1.72. The third-order valence-corrected chi connectivity index (χ3v) is 2.82. The molecule has 20 heavy (non-hydrogen) atoms. The molecule has 108 valence electrons. The van der Waals surface area contributed by atoms with Gasteiger partial charge >= 0.3 is 12.2 Å². The monoisotopic (exact) mass is 290 g/mol. The summed E-state index contributed by atoms with van der Waals surface area (Å²) in [4.78, 5) is 22.3. The summed E-state index contributed by atoms with van der Waals surface area (Å²) in [6, 6.07) is 2.10. The highest BCUT2D eigenvalue weighted by Gasteiger charge is 2.54. The van der Waals surface area contributed by atoms with Crippen molar-refractivity contribution < 1.29 is 33.0 Å². The van der Waals surface area contributed by atoms with Crippen LogP contribution in [0.1, 0.15) is 17.2 Å². The number of carbonyl (C=O) groups is 2. The van der Waals surface area contributed by atoms with E-state index in [2.05, 4.69) is 5.32 Å². The number of benzene rings is 1. The van der Waals surface area contributed by atoms with E-state index in [4.69, 9.17) is 10.2 Å².